The van der Waals surface area contributed by atoms with Crippen molar-refractivity contribution in [3.05, 3.63) is 0 Å². The molecule has 0 radical (unpaired) electrons. The van der Waals surface area contributed by atoms with Crippen molar-refractivity contribution in [1.82, 2.24) is 0 Å². The molecule has 2 nitrogen and oxygen atoms in total. The van der Waals surface area contributed by atoms with E-state index in [1.165, 1.54) is 32.1 Å². The van der Waals surface area contributed by atoms with Crippen LogP contribution in [0.2, 0.25) is 0 Å². The van der Waals surface area contributed by atoms with Crippen molar-refractivity contribution in [2.45, 2.75) is 52.9 Å². The minimum Gasteiger partial charge on any atom is -0.384 e. The Labute approximate surface area is 99.8 Å². The number of carbonyl (C=O) groups is 1. The zero-order valence-electron chi connectivity index (χ0n) is 11.2. The summed E-state index contributed by atoms with van der Waals surface area (Å²) in [5, 5.41) is 0. The largest absolute Gasteiger partial charge is 0.384 e. The van der Waals surface area contributed by atoms with Gasteiger partial charge in [-0.3, -0.25) is 4.79 Å². The second-order valence-electron chi connectivity index (χ2n) is 5.52. The van der Waals surface area contributed by atoms with E-state index >= 15 is 0 Å². The zero-order valence-corrected chi connectivity index (χ0v) is 11.2. The summed E-state index contributed by atoms with van der Waals surface area (Å²) in [6, 6.07) is 0. The van der Waals surface area contributed by atoms with Gasteiger partial charge in [0, 0.05) is 7.11 Å². The molecule has 1 aliphatic carbocycles. The van der Waals surface area contributed by atoms with Crippen LogP contribution in [0.25, 0.3) is 0 Å². The van der Waals surface area contributed by atoms with E-state index in [4.69, 9.17) is 4.74 Å². The molecule has 1 aliphatic rings. The highest BCUT2D eigenvalue weighted by Gasteiger charge is 2.45. The van der Waals surface area contributed by atoms with E-state index in [0.29, 0.717) is 24.2 Å². The topological polar surface area (TPSA) is 26.3 Å². The third-order valence-electron chi connectivity index (χ3n) is 4.40. The fourth-order valence-electron chi connectivity index (χ4n) is 3.41. The molecule has 0 amide bonds. The van der Waals surface area contributed by atoms with Gasteiger partial charge < -0.3 is 4.74 Å². The van der Waals surface area contributed by atoms with Crippen LogP contribution in [-0.4, -0.2) is 19.5 Å². The van der Waals surface area contributed by atoms with Gasteiger partial charge in [0.25, 0.3) is 0 Å². The van der Waals surface area contributed by atoms with Gasteiger partial charge in [-0.2, -0.15) is 0 Å². The van der Waals surface area contributed by atoms with Crippen molar-refractivity contribution >= 4 is 5.78 Å². The predicted octanol–water partition coefficient (Wildman–Crippen LogP) is 3.44. The van der Waals surface area contributed by atoms with Crippen LogP contribution in [0.3, 0.4) is 0 Å². The number of hydrogen-bond donors (Lipinski definition) is 0. The molecule has 1 unspecified atom stereocenters. The lowest BCUT2D eigenvalue weighted by Gasteiger charge is -2.43. The molecular formula is C14H26O2. The average Bonchev–Trinajstić information content (AvgIpc) is 2.26. The second kappa shape index (κ2) is 5.81. The summed E-state index contributed by atoms with van der Waals surface area (Å²) in [6.45, 7) is 6.66. The molecule has 0 aliphatic heterocycles. The highest BCUT2D eigenvalue weighted by Crippen LogP contribution is 2.44. The number of rotatable bonds is 5. The summed E-state index contributed by atoms with van der Waals surface area (Å²) in [5.74, 6) is 1.21. The van der Waals surface area contributed by atoms with Crippen LogP contribution in [0, 0.1) is 17.3 Å². The first-order valence-electron chi connectivity index (χ1n) is 6.55. The Kier molecular flexibility index (Phi) is 4.97. The van der Waals surface area contributed by atoms with Gasteiger partial charge >= 0.3 is 0 Å². The predicted molar refractivity (Wildman–Crippen MR) is 66.4 cm³/mol. The number of hydrogen-bond acceptors (Lipinski definition) is 2. The zero-order chi connectivity index (χ0) is 12.2. The maximum Gasteiger partial charge on any atom is 0.138 e. The van der Waals surface area contributed by atoms with Crippen molar-refractivity contribution in [2.75, 3.05) is 13.7 Å². The van der Waals surface area contributed by atoms with Crippen LogP contribution >= 0.6 is 0 Å². The number of ketones is 1. The lowest BCUT2D eigenvalue weighted by Crippen LogP contribution is -2.46. The van der Waals surface area contributed by atoms with Crippen LogP contribution in [0.4, 0.5) is 0 Å². The maximum atomic E-state index is 12.1. The number of methoxy groups -OCH3 is 1. The summed E-state index contributed by atoms with van der Waals surface area (Å²) in [7, 11) is 1.71. The standard InChI is InChI=1S/C14H26O2/c1-11(2)14(10-16-4,12(3)15)13-8-6-5-7-9-13/h11,13H,5-10H2,1-4H3. The molecule has 1 atom stereocenters. The molecule has 0 saturated heterocycles. The minimum absolute atomic E-state index is 0.241. The van der Waals surface area contributed by atoms with Gasteiger partial charge in [0.1, 0.15) is 5.78 Å². The van der Waals surface area contributed by atoms with Crippen LogP contribution < -0.4 is 0 Å². The Morgan fingerprint density at radius 1 is 1.31 bits per heavy atom. The van der Waals surface area contributed by atoms with Crippen molar-refractivity contribution < 1.29 is 9.53 Å². The first-order chi connectivity index (χ1) is 7.55. The molecule has 0 spiro atoms. The summed E-state index contributed by atoms with van der Waals surface area (Å²) >= 11 is 0. The van der Waals surface area contributed by atoms with Crippen LogP contribution in [0.5, 0.6) is 0 Å². The molecule has 0 aromatic carbocycles. The van der Waals surface area contributed by atoms with Gasteiger partial charge in [0.2, 0.25) is 0 Å². The van der Waals surface area contributed by atoms with E-state index in [0.717, 1.165) is 0 Å². The Morgan fingerprint density at radius 2 is 1.88 bits per heavy atom. The molecule has 2 heteroatoms. The van der Waals surface area contributed by atoms with E-state index in [2.05, 4.69) is 13.8 Å². The molecule has 0 bridgehead atoms. The number of ether oxygens (including phenoxy) is 1. The average molecular weight is 226 g/mol. The van der Waals surface area contributed by atoms with E-state index in [1.807, 2.05) is 0 Å². The fourth-order valence-corrected chi connectivity index (χ4v) is 3.41. The third-order valence-corrected chi connectivity index (χ3v) is 4.40. The van der Waals surface area contributed by atoms with Crippen molar-refractivity contribution in [2.24, 2.45) is 17.3 Å². The lowest BCUT2D eigenvalue weighted by molar-refractivity contribution is -0.139. The van der Waals surface area contributed by atoms with Gasteiger partial charge in [-0.15, -0.1) is 0 Å². The van der Waals surface area contributed by atoms with Gasteiger partial charge in [-0.05, 0) is 31.6 Å². The van der Waals surface area contributed by atoms with E-state index in [9.17, 15) is 4.79 Å². The Balaban J connectivity index is 2.93. The van der Waals surface area contributed by atoms with E-state index in [1.54, 1.807) is 14.0 Å². The van der Waals surface area contributed by atoms with Gasteiger partial charge in [0.05, 0.1) is 12.0 Å². The van der Waals surface area contributed by atoms with Gasteiger partial charge in [-0.1, -0.05) is 33.1 Å². The maximum absolute atomic E-state index is 12.1. The monoisotopic (exact) mass is 226 g/mol. The molecule has 0 aromatic rings. The Hall–Kier alpha value is -0.370. The Morgan fingerprint density at radius 3 is 2.25 bits per heavy atom. The first kappa shape index (κ1) is 13.7. The van der Waals surface area contributed by atoms with Gasteiger partial charge in [0.15, 0.2) is 0 Å². The molecule has 1 saturated carbocycles. The fraction of sp³-hybridized carbons (Fsp3) is 0.929. The molecule has 1 fully saturated rings. The van der Waals surface area contributed by atoms with Crippen LogP contribution in [-0.2, 0) is 9.53 Å². The highest BCUT2D eigenvalue weighted by atomic mass is 16.5. The lowest BCUT2D eigenvalue weighted by atomic mass is 9.61. The molecular weight excluding hydrogens is 200 g/mol. The molecule has 94 valence electrons. The SMILES string of the molecule is COCC(C(C)=O)(C(C)C)C1CCCCC1. The highest BCUT2D eigenvalue weighted by molar-refractivity contribution is 5.83. The summed E-state index contributed by atoms with van der Waals surface area (Å²) in [6.07, 6.45) is 6.27. The molecule has 1 rings (SSSR count). The van der Waals surface area contributed by atoms with Gasteiger partial charge in [-0.25, -0.2) is 0 Å². The normalized spacial score (nSPS) is 22.1. The van der Waals surface area contributed by atoms with Crippen LogP contribution in [0.1, 0.15) is 52.9 Å². The number of carbonyl (C=O) groups excluding carboxylic acids is 1. The smallest absolute Gasteiger partial charge is 0.138 e. The summed E-state index contributed by atoms with van der Waals surface area (Å²) in [5.41, 5.74) is -0.241. The van der Waals surface area contributed by atoms with Crippen molar-refractivity contribution in [3.63, 3.8) is 0 Å². The van der Waals surface area contributed by atoms with Crippen molar-refractivity contribution in [3.8, 4) is 0 Å². The summed E-state index contributed by atoms with van der Waals surface area (Å²) < 4.78 is 5.36. The van der Waals surface area contributed by atoms with E-state index < -0.39 is 0 Å². The molecule has 16 heavy (non-hydrogen) atoms. The molecule has 0 aromatic heterocycles. The third kappa shape index (κ3) is 2.48. The Bertz CT molecular complexity index is 229. The minimum atomic E-state index is -0.241. The quantitative estimate of drug-likeness (QED) is 0.717. The van der Waals surface area contributed by atoms with Crippen LogP contribution in [0.15, 0.2) is 0 Å². The van der Waals surface area contributed by atoms with Crippen molar-refractivity contribution in [1.29, 1.82) is 0 Å². The first-order valence-corrected chi connectivity index (χ1v) is 6.55. The number of Topliss-reactive ketones (excluding diaryl/α,β-unsaturated/α-hetero) is 1. The summed E-state index contributed by atoms with van der Waals surface area (Å²) in [4.78, 5) is 12.1. The second-order valence-corrected chi connectivity index (χ2v) is 5.52. The molecule has 0 N–H and O–H groups in total. The van der Waals surface area contributed by atoms with E-state index in [-0.39, 0.29) is 5.41 Å². The molecule has 0 heterocycles.